The second-order valence-electron chi connectivity index (χ2n) is 4.78. The largest absolute Gasteiger partial charge is 0.394 e. The number of hydrogen-bond donors (Lipinski definition) is 2. The molecule has 0 saturated carbocycles. The van der Waals surface area contributed by atoms with Crippen molar-refractivity contribution in [2.45, 2.75) is 31.8 Å². The smallest absolute Gasteiger partial charge is 0.0900 e. The summed E-state index contributed by atoms with van der Waals surface area (Å²) in [6, 6.07) is 9.85. The molecule has 2 aromatic rings. The van der Waals surface area contributed by atoms with Crippen LogP contribution >= 0.6 is 0 Å². The van der Waals surface area contributed by atoms with Gasteiger partial charge in [0.15, 0.2) is 0 Å². The van der Waals surface area contributed by atoms with Gasteiger partial charge in [-0.25, -0.2) is 0 Å². The Morgan fingerprint density at radius 3 is 2.63 bits per heavy atom. The lowest BCUT2D eigenvalue weighted by molar-refractivity contribution is 0.192. The molecule has 0 amide bonds. The lowest BCUT2D eigenvalue weighted by Crippen LogP contribution is -2.34. The van der Waals surface area contributed by atoms with Gasteiger partial charge in [-0.1, -0.05) is 43.7 Å². The Hall–Kier alpha value is -1.65. The molecule has 4 heteroatoms. The van der Waals surface area contributed by atoms with E-state index in [0.717, 1.165) is 24.0 Å². The lowest BCUT2D eigenvalue weighted by atomic mass is 10.1. The van der Waals surface area contributed by atoms with Gasteiger partial charge in [0.05, 0.1) is 18.8 Å². The molecule has 2 unspecified atom stereocenters. The molecule has 0 spiro atoms. The highest BCUT2D eigenvalue weighted by Crippen LogP contribution is 2.21. The van der Waals surface area contributed by atoms with Gasteiger partial charge < -0.3 is 10.8 Å². The average Bonchev–Trinajstić information content (AvgIpc) is 2.90. The quantitative estimate of drug-likeness (QED) is 0.836. The number of nitrogens with zero attached hydrogens (tertiary/aromatic N) is 2. The van der Waals surface area contributed by atoms with E-state index in [4.69, 9.17) is 5.73 Å². The maximum absolute atomic E-state index is 9.52. The molecule has 2 rings (SSSR count). The van der Waals surface area contributed by atoms with Gasteiger partial charge in [-0.05, 0) is 12.0 Å². The van der Waals surface area contributed by atoms with E-state index in [1.807, 2.05) is 42.7 Å². The number of aromatic nitrogens is 2. The second kappa shape index (κ2) is 6.50. The fourth-order valence-electron chi connectivity index (χ4n) is 2.24. The van der Waals surface area contributed by atoms with Crippen LogP contribution in [-0.4, -0.2) is 27.5 Å². The first kappa shape index (κ1) is 13.8. The molecule has 0 bridgehead atoms. The standard InChI is InChI=1S/C15H21N3O/c1-2-6-14(16)15(11-19)18-10-13(9-17-18)12-7-4-3-5-8-12/h3-5,7-10,14-15,19H,2,6,11,16H2,1H3. The minimum absolute atomic E-state index is 0.0110. The topological polar surface area (TPSA) is 64.1 Å². The molecule has 1 aromatic heterocycles. The molecular weight excluding hydrogens is 238 g/mol. The van der Waals surface area contributed by atoms with Crippen LogP contribution in [-0.2, 0) is 0 Å². The van der Waals surface area contributed by atoms with E-state index < -0.39 is 0 Å². The SMILES string of the molecule is CCCC(N)C(CO)n1cc(-c2ccccc2)cn1. The van der Waals surface area contributed by atoms with E-state index in [1.54, 1.807) is 4.68 Å². The zero-order chi connectivity index (χ0) is 13.7. The van der Waals surface area contributed by atoms with Crippen molar-refractivity contribution >= 4 is 0 Å². The van der Waals surface area contributed by atoms with Gasteiger partial charge in [-0.3, -0.25) is 4.68 Å². The van der Waals surface area contributed by atoms with Crippen LogP contribution in [0.2, 0.25) is 0 Å². The first-order valence-corrected chi connectivity index (χ1v) is 6.72. The third-order valence-electron chi connectivity index (χ3n) is 3.35. The molecule has 0 radical (unpaired) electrons. The highest BCUT2D eigenvalue weighted by molar-refractivity contribution is 5.61. The number of rotatable bonds is 6. The predicted molar refractivity (Wildman–Crippen MR) is 76.7 cm³/mol. The first-order chi connectivity index (χ1) is 9.26. The van der Waals surface area contributed by atoms with E-state index in [1.165, 1.54) is 0 Å². The summed E-state index contributed by atoms with van der Waals surface area (Å²) in [5, 5.41) is 13.9. The maximum Gasteiger partial charge on any atom is 0.0900 e. The third kappa shape index (κ3) is 3.22. The van der Waals surface area contributed by atoms with Gasteiger partial charge in [0, 0.05) is 17.8 Å². The van der Waals surface area contributed by atoms with Crippen molar-refractivity contribution < 1.29 is 5.11 Å². The number of benzene rings is 1. The van der Waals surface area contributed by atoms with Crippen molar-refractivity contribution in [3.8, 4) is 11.1 Å². The van der Waals surface area contributed by atoms with Gasteiger partial charge in [-0.15, -0.1) is 0 Å². The van der Waals surface area contributed by atoms with Crippen LogP contribution in [0.15, 0.2) is 42.7 Å². The zero-order valence-corrected chi connectivity index (χ0v) is 11.2. The number of aliphatic hydroxyl groups excluding tert-OH is 1. The molecule has 3 N–H and O–H groups in total. The van der Waals surface area contributed by atoms with Gasteiger partial charge >= 0.3 is 0 Å². The fraction of sp³-hybridized carbons (Fsp3) is 0.400. The van der Waals surface area contributed by atoms with Crippen LogP contribution in [0.4, 0.5) is 0 Å². The maximum atomic E-state index is 9.52. The van der Waals surface area contributed by atoms with E-state index in [-0.39, 0.29) is 18.7 Å². The van der Waals surface area contributed by atoms with Crippen molar-refractivity contribution in [2.24, 2.45) is 5.73 Å². The summed E-state index contributed by atoms with van der Waals surface area (Å²) in [6.45, 7) is 2.10. The van der Waals surface area contributed by atoms with E-state index >= 15 is 0 Å². The number of nitrogens with two attached hydrogens (primary N) is 1. The molecular formula is C15H21N3O. The van der Waals surface area contributed by atoms with Crippen LogP contribution in [0.3, 0.4) is 0 Å². The van der Waals surface area contributed by atoms with E-state index in [0.29, 0.717) is 0 Å². The van der Waals surface area contributed by atoms with Crippen molar-refractivity contribution in [3.05, 3.63) is 42.7 Å². The van der Waals surface area contributed by atoms with Crippen LogP contribution in [0.5, 0.6) is 0 Å². The average molecular weight is 259 g/mol. The zero-order valence-electron chi connectivity index (χ0n) is 11.2. The van der Waals surface area contributed by atoms with Gasteiger partial charge in [0.1, 0.15) is 0 Å². The predicted octanol–water partition coefficient (Wildman–Crippen LogP) is 2.21. The summed E-state index contributed by atoms with van der Waals surface area (Å²) in [5.74, 6) is 0. The van der Waals surface area contributed by atoms with Crippen molar-refractivity contribution in [2.75, 3.05) is 6.61 Å². The molecule has 0 fully saturated rings. The Kier molecular flexibility index (Phi) is 4.71. The second-order valence-corrected chi connectivity index (χ2v) is 4.78. The Labute approximate surface area is 113 Å². The molecule has 0 aliphatic rings. The molecule has 0 aliphatic carbocycles. The Morgan fingerprint density at radius 1 is 1.26 bits per heavy atom. The molecule has 102 valence electrons. The van der Waals surface area contributed by atoms with E-state index in [2.05, 4.69) is 12.0 Å². The van der Waals surface area contributed by atoms with Crippen LogP contribution in [0, 0.1) is 0 Å². The monoisotopic (exact) mass is 259 g/mol. The normalized spacial score (nSPS) is 14.3. The van der Waals surface area contributed by atoms with Gasteiger partial charge in [-0.2, -0.15) is 5.10 Å². The Morgan fingerprint density at radius 2 is 2.00 bits per heavy atom. The summed E-state index contributed by atoms with van der Waals surface area (Å²) >= 11 is 0. The van der Waals surface area contributed by atoms with Gasteiger partial charge in [0.2, 0.25) is 0 Å². The molecule has 19 heavy (non-hydrogen) atoms. The molecule has 0 aliphatic heterocycles. The fourth-order valence-corrected chi connectivity index (χ4v) is 2.24. The van der Waals surface area contributed by atoms with Crippen molar-refractivity contribution in [1.29, 1.82) is 0 Å². The van der Waals surface area contributed by atoms with Gasteiger partial charge in [0.25, 0.3) is 0 Å². The highest BCUT2D eigenvalue weighted by Gasteiger charge is 2.19. The van der Waals surface area contributed by atoms with Crippen LogP contribution in [0.1, 0.15) is 25.8 Å². The van der Waals surface area contributed by atoms with Crippen LogP contribution in [0.25, 0.3) is 11.1 Å². The summed E-state index contributed by atoms with van der Waals surface area (Å²) in [7, 11) is 0. The van der Waals surface area contributed by atoms with Crippen molar-refractivity contribution in [1.82, 2.24) is 9.78 Å². The summed E-state index contributed by atoms with van der Waals surface area (Å²) in [4.78, 5) is 0. The van der Waals surface area contributed by atoms with E-state index in [9.17, 15) is 5.11 Å². The highest BCUT2D eigenvalue weighted by atomic mass is 16.3. The number of hydrogen-bond acceptors (Lipinski definition) is 3. The summed E-state index contributed by atoms with van der Waals surface area (Å²) < 4.78 is 1.78. The first-order valence-electron chi connectivity index (χ1n) is 6.72. The van der Waals surface area contributed by atoms with Crippen molar-refractivity contribution in [3.63, 3.8) is 0 Å². The minimum atomic E-state index is -0.155. The molecule has 2 atom stereocenters. The number of aliphatic hydroxyl groups is 1. The molecule has 1 heterocycles. The molecule has 4 nitrogen and oxygen atoms in total. The lowest BCUT2D eigenvalue weighted by Gasteiger charge is -2.21. The summed E-state index contributed by atoms with van der Waals surface area (Å²) in [6.07, 6.45) is 5.65. The Bertz CT molecular complexity index is 495. The minimum Gasteiger partial charge on any atom is -0.394 e. The molecule has 1 aromatic carbocycles. The third-order valence-corrected chi connectivity index (χ3v) is 3.35. The molecule has 0 saturated heterocycles. The Balaban J connectivity index is 2.20. The van der Waals surface area contributed by atoms with Crippen LogP contribution < -0.4 is 5.73 Å². The summed E-state index contributed by atoms with van der Waals surface area (Å²) in [5.41, 5.74) is 8.26.